The quantitative estimate of drug-likeness (QED) is 0.123. The van der Waals surface area contributed by atoms with E-state index in [-0.39, 0.29) is 50.6 Å². The number of allylic oxidation sites excluding steroid dienone is 2. The summed E-state index contributed by atoms with van der Waals surface area (Å²) in [6.07, 6.45) is -2.92. The number of anilines is 1. The molecule has 6 aromatic rings. The Morgan fingerprint density at radius 2 is 1.66 bits per heavy atom. The first-order valence-electron chi connectivity index (χ1n) is 20.7. The summed E-state index contributed by atoms with van der Waals surface area (Å²) in [6, 6.07) is 15.8. The van der Waals surface area contributed by atoms with Crippen molar-refractivity contribution in [3.8, 4) is 17.2 Å². The molecular weight excluding hydrogens is 924 g/mol. The number of carbonyl (C=O) groups is 2. The van der Waals surface area contributed by atoms with Gasteiger partial charge in [-0.15, -0.1) is 0 Å². The molecule has 2 aliphatic heterocycles. The number of aliphatic hydroxyl groups is 1. The number of aryl methyl sites for hydroxylation is 2. The van der Waals surface area contributed by atoms with Crippen molar-refractivity contribution < 1.29 is 42.1 Å². The molecule has 2 fully saturated rings. The van der Waals surface area contributed by atoms with Crippen LogP contribution in [0.4, 0.5) is 19.0 Å². The number of nitrogens with zero attached hydrogens (tertiary/aromatic N) is 7. The van der Waals surface area contributed by atoms with E-state index in [1.165, 1.54) is 28.2 Å². The Balaban J connectivity index is 1.18. The number of imide groups is 1. The molecule has 17 nitrogen and oxygen atoms in total. The second-order valence-electron chi connectivity index (χ2n) is 16.1. The van der Waals surface area contributed by atoms with Crippen LogP contribution in [0.2, 0.25) is 10.0 Å². The van der Waals surface area contributed by atoms with Gasteiger partial charge in [0.2, 0.25) is 0 Å². The zero-order chi connectivity index (χ0) is 47.7. The van der Waals surface area contributed by atoms with Gasteiger partial charge in [-0.25, -0.2) is 33.5 Å². The number of hydrazine groups is 1. The minimum Gasteiger partial charge on any atom is -0.493 e. The van der Waals surface area contributed by atoms with Crippen molar-refractivity contribution >= 4 is 51.9 Å². The number of rotatable bonds is 12. The average Bonchev–Trinajstić information content (AvgIpc) is 3.68. The molecule has 2 amide bonds. The highest BCUT2D eigenvalue weighted by Crippen LogP contribution is 2.63. The molecule has 22 heteroatoms. The summed E-state index contributed by atoms with van der Waals surface area (Å²) < 4.78 is 62.6. The number of methoxy groups -OCH3 is 2. The van der Waals surface area contributed by atoms with Crippen molar-refractivity contribution in [2.75, 3.05) is 32.9 Å². The van der Waals surface area contributed by atoms with Crippen molar-refractivity contribution in [1.82, 2.24) is 33.5 Å². The second-order valence-corrected chi connectivity index (χ2v) is 16.9. The number of fused-ring (bicyclic) bond motifs is 5. The number of alkyl halides is 3. The fourth-order valence-corrected chi connectivity index (χ4v) is 10.1. The van der Waals surface area contributed by atoms with Crippen LogP contribution in [0.5, 0.6) is 17.2 Å². The number of benzene rings is 3. The van der Waals surface area contributed by atoms with E-state index in [0.29, 0.717) is 61.5 Å². The van der Waals surface area contributed by atoms with E-state index in [1.807, 2.05) is 0 Å². The van der Waals surface area contributed by atoms with E-state index in [9.17, 15) is 32.7 Å². The second kappa shape index (κ2) is 17.1. The number of ether oxygens (including phenoxy) is 3. The molecule has 1 aliphatic carbocycles. The maximum atomic E-state index is 15.6. The van der Waals surface area contributed by atoms with Gasteiger partial charge in [-0.2, -0.15) is 18.2 Å². The largest absolute Gasteiger partial charge is 0.493 e. The molecule has 3 aromatic carbocycles. The van der Waals surface area contributed by atoms with E-state index in [1.54, 1.807) is 73.8 Å². The lowest BCUT2D eigenvalue weighted by atomic mass is 9.53. The molecule has 1 saturated heterocycles. The van der Waals surface area contributed by atoms with E-state index in [2.05, 4.69) is 15.4 Å². The Morgan fingerprint density at radius 1 is 0.940 bits per heavy atom. The number of aliphatic hydroxyl groups excluding tert-OH is 1. The van der Waals surface area contributed by atoms with Crippen LogP contribution in [0, 0.1) is 5.92 Å². The summed E-state index contributed by atoms with van der Waals surface area (Å²) >= 11 is 12.7. The topological polar surface area (TPSA) is 194 Å². The molecule has 0 radical (unpaired) electrons. The molecule has 2 N–H and O–H groups in total. The predicted molar refractivity (Wildman–Crippen MR) is 237 cm³/mol. The normalized spacial score (nSPS) is 20.0. The molecule has 3 aromatic heterocycles. The SMILES string of the molecule is COc1cc2nc(CCn3c(=O)n4n(c3=O)C3CC5C(=O)N(Nc6ncc(C(F)(F)F)cc6Cl)C(=O)C5(c5ccc(Cl)cc5)C(c5ccccc5OCCO)C3=CC4)c(=O)n(C)c2cc1OC. The first-order chi connectivity index (χ1) is 32.0. The molecule has 4 unspecified atom stereocenters. The standard InChI is InChI=1S/C45H39Cl2F3N8O9/c1-54-33-21-36(66-3)35(65-2)20-31(33)52-30(40(54)61)13-14-55-42(63)56-15-12-26-32(58(56)43(55)64)19-28-39(60)57(53-38-29(47)18-24(22-51-38)45(48,49)50)41(62)44(28,23-8-10-25(46)11-9-23)37(26)27-6-4-5-7-34(27)67-17-16-59/h4-12,18,20-22,28,32,37,59H,13-17,19H2,1-3H3,(H,51,53). The highest BCUT2D eigenvalue weighted by atomic mass is 35.5. The van der Waals surface area contributed by atoms with Crippen LogP contribution in [0.1, 0.15) is 40.8 Å². The lowest BCUT2D eigenvalue weighted by Crippen LogP contribution is -2.53. The third kappa shape index (κ3) is 7.24. The number of carbonyl (C=O) groups excluding carboxylic acids is 2. The summed E-state index contributed by atoms with van der Waals surface area (Å²) in [6.45, 7) is -0.939. The van der Waals surface area contributed by atoms with E-state index in [0.717, 1.165) is 4.57 Å². The van der Waals surface area contributed by atoms with Crippen LogP contribution in [0.3, 0.4) is 0 Å². The van der Waals surface area contributed by atoms with Gasteiger partial charge < -0.3 is 23.9 Å². The highest BCUT2D eigenvalue weighted by molar-refractivity contribution is 6.33. The van der Waals surface area contributed by atoms with Gasteiger partial charge in [-0.05, 0) is 41.8 Å². The number of amides is 2. The lowest BCUT2D eigenvalue weighted by Gasteiger charge is -2.49. The molecule has 1 saturated carbocycles. The Kier molecular flexibility index (Phi) is 11.5. The van der Waals surface area contributed by atoms with Crippen LogP contribution in [-0.2, 0) is 47.7 Å². The van der Waals surface area contributed by atoms with Gasteiger partial charge >= 0.3 is 17.6 Å². The minimum absolute atomic E-state index is 0.0665. The number of nitrogens with one attached hydrogen (secondary N) is 1. The number of aromatic nitrogens is 6. The summed E-state index contributed by atoms with van der Waals surface area (Å²) in [5.41, 5.74) is -0.260. The maximum absolute atomic E-state index is 15.6. The first-order valence-corrected chi connectivity index (χ1v) is 21.5. The van der Waals surface area contributed by atoms with E-state index in [4.69, 9.17) is 37.4 Å². The molecular formula is C45H39Cl2F3N8O9. The van der Waals surface area contributed by atoms with Gasteiger partial charge in [-0.1, -0.05) is 59.6 Å². The molecule has 0 spiro atoms. The highest BCUT2D eigenvalue weighted by Gasteiger charge is 2.69. The molecule has 4 atom stereocenters. The third-order valence-corrected chi connectivity index (χ3v) is 13.2. The average molecular weight is 964 g/mol. The Morgan fingerprint density at radius 3 is 2.34 bits per heavy atom. The van der Waals surface area contributed by atoms with Crippen molar-refractivity contribution in [2.24, 2.45) is 13.0 Å². The van der Waals surface area contributed by atoms with Crippen LogP contribution >= 0.6 is 23.2 Å². The monoisotopic (exact) mass is 962 g/mol. The van der Waals surface area contributed by atoms with Gasteiger partial charge in [-0.3, -0.25) is 19.8 Å². The summed E-state index contributed by atoms with van der Waals surface area (Å²) in [5.74, 6) is -3.56. The van der Waals surface area contributed by atoms with Gasteiger partial charge in [0.05, 0.1) is 66.4 Å². The number of pyridine rings is 1. The fraction of sp³-hybridized carbons (Fsp3) is 0.311. The maximum Gasteiger partial charge on any atom is 0.417 e. The van der Waals surface area contributed by atoms with Crippen LogP contribution in [-0.4, -0.2) is 77.8 Å². The Labute approximate surface area is 387 Å². The van der Waals surface area contributed by atoms with E-state index >= 15 is 9.59 Å². The minimum atomic E-state index is -4.79. The lowest BCUT2D eigenvalue weighted by molar-refractivity contribution is -0.139. The van der Waals surface area contributed by atoms with Crippen molar-refractivity contribution in [3.63, 3.8) is 0 Å². The van der Waals surface area contributed by atoms with Crippen LogP contribution < -0.4 is 36.6 Å². The van der Waals surface area contributed by atoms with Crippen molar-refractivity contribution in [2.45, 2.75) is 49.5 Å². The summed E-state index contributed by atoms with van der Waals surface area (Å²) in [4.78, 5) is 81.6. The number of para-hydroxylation sites is 1. The molecule has 3 aliphatic rings. The van der Waals surface area contributed by atoms with Gasteiger partial charge in [0.25, 0.3) is 17.4 Å². The summed E-state index contributed by atoms with van der Waals surface area (Å²) in [7, 11) is 4.48. The number of hydrogen-bond donors (Lipinski definition) is 2. The zero-order valence-corrected chi connectivity index (χ0v) is 37.2. The molecule has 0 bridgehead atoms. The Bertz CT molecular complexity index is 3220. The molecule has 5 heterocycles. The summed E-state index contributed by atoms with van der Waals surface area (Å²) in [5, 5.41) is 10.3. The van der Waals surface area contributed by atoms with Gasteiger partial charge in [0.15, 0.2) is 17.3 Å². The fourth-order valence-electron chi connectivity index (χ4n) is 9.72. The van der Waals surface area contributed by atoms with E-state index < -0.39 is 74.6 Å². The molecule has 348 valence electrons. The van der Waals surface area contributed by atoms with Crippen LogP contribution in [0.15, 0.2) is 99.0 Å². The van der Waals surface area contributed by atoms with Crippen LogP contribution in [0.25, 0.3) is 11.0 Å². The molecule has 67 heavy (non-hydrogen) atoms. The molecule has 9 rings (SSSR count). The first kappa shape index (κ1) is 45.3. The van der Waals surface area contributed by atoms with Crippen molar-refractivity contribution in [1.29, 1.82) is 0 Å². The Hall–Kier alpha value is -6.90. The van der Waals surface area contributed by atoms with Gasteiger partial charge in [0.1, 0.15) is 18.1 Å². The zero-order valence-electron chi connectivity index (χ0n) is 35.7. The predicted octanol–water partition coefficient (Wildman–Crippen LogP) is 5.03. The van der Waals surface area contributed by atoms with Crippen molar-refractivity contribution in [3.05, 3.63) is 148 Å². The number of hydrogen-bond acceptors (Lipinski definition) is 12. The van der Waals surface area contributed by atoms with Gasteiger partial charge in [0, 0.05) is 54.8 Å². The third-order valence-electron chi connectivity index (χ3n) is 12.7. The smallest absolute Gasteiger partial charge is 0.417 e. The number of halogens is 5.